The Kier molecular flexibility index (Phi) is 5.93. The van der Waals surface area contributed by atoms with Crippen molar-refractivity contribution in [1.29, 1.82) is 0 Å². The van der Waals surface area contributed by atoms with Crippen LogP contribution in [-0.4, -0.2) is 18.1 Å². The summed E-state index contributed by atoms with van der Waals surface area (Å²) in [5.41, 5.74) is 3.29. The second-order valence-electron chi connectivity index (χ2n) is 3.68. The van der Waals surface area contributed by atoms with Crippen LogP contribution in [0.5, 0.6) is 5.75 Å². The van der Waals surface area contributed by atoms with Crippen LogP contribution in [0.15, 0.2) is 18.2 Å². The minimum atomic E-state index is -0.453. The molecule has 0 spiro atoms. The Morgan fingerprint density at radius 1 is 1.39 bits per heavy atom. The van der Waals surface area contributed by atoms with E-state index in [-0.39, 0.29) is 11.4 Å². The molecule has 0 heterocycles. The van der Waals surface area contributed by atoms with Crippen LogP contribution in [-0.2, 0) is 4.84 Å². The Morgan fingerprint density at radius 3 is 2.78 bits per heavy atom. The van der Waals surface area contributed by atoms with Gasteiger partial charge >= 0.3 is 5.69 Å². The van der Waals surface area contributed by atoms with Crippen LogP contribution in [0.25, 0.3) is 0 Å². The summed E-state index contributed by atoms with van der Waals surface area (Å²) in [5, 5.41) is 10.9. The lowest BCUT2D eigenvalue weighted by Crippen LogP contribution is -2.03. The molecule has 1 aromatic rings. The van der Waals surface area contributed by atoms with Crippen LogP contribution in [0.2, 0.25) is 0 Å². The van der Waals surface area contributed by atoms with Crippen molar-refractivity contribution in [1.82, 2.24) is 0 Å². The zero-order valence-electron chi connectivity index (χ0n) is 10.6. The molecule has 0 aromatic heterocycles. The third kappa shape index (κ3) is 4.21. The Labute approximate surface area is 106 Å². The molecule has 6 nitrogen and oxygen atoms in total. The highest BCUT2D eigenvalue weighted by atomic mass is 16.6. The van der Waals surface area contributed by atoms with E-state index in [2.05, 4.69) is 5.48 Å². The molecule has 0 saturated carbocycles. The van der Waals surface area contributed by atoms with Gasteiger partial charge in [0, 0.05) is 12.1 Å². The lowest BCUT2D eigenvalue weighted by atomic mass is 10.2. The van der Waals surface area contributed by atoms with E-state index in [0.717, 1.165) is 12.8 Å². The van der Waals surface area contributed by atoms with Gasteiger partial charge in [-0.15, -0.1) is 0 Å². The number of anilines is 1. The number of nitrogens with one attached hydrogen (secondary N) is 1. The maximum absolute atomic E-state index is 10.9. The first-order chi connectivity index (χ1) is 8.69. The summed E-state index contributed by atoms with van der Waals surface area (Å²) in [6.45, 7) is 4.85. The zero-order chi connectivity index (χ0) is 13.4. The fourth-order valence-corrected chi connectivity index (χ4v) is 1.33. The number of ether oxygens (including phenoxy) is 1. The molecule has 0 fully saturated rings. The first-order valence-electron chi connectivity index (χ1n) is 5.98. The van der Waals surface area contributed by atoms with Crippen LogP contribution in [0.1, 0.15) is 26.7 Å². The number of rotatable bonds is 8. The van der Waals surface area contributed by atoms with Crippen molar-refractivity contribution in [2.24, 2.45) is 0 Å². The first-order valence-corrected chi connectivity index (χ1v) is 5.98. The van der Waals surface area contributed by atoms with Gasteiger partial charge in [-0.3, -0.25) is 20.4 Å². The predicted molar refractivity (Wildman–Crippen MR) is 68.7 cm³/mol. The van der Waals surface area contributed by atoms with Crippen molar-refractivity contribution < 1.29 is 14.5 Å². The van der Waals surface area contributed by atoms with E-state index in [9.17, 15) is 10.1 Å². The second-order valence-corrected chi connectivity index (χ2v) is 3.68. The average Bonchev–Trinajstić information content (AvgIpc) is 2.36. The van der Waals surface area contributed by atoms with Crippen LogP contribution in [0.4, 0.5) is 11.4 Å². The van der Waals surface area contributed by atoms with Crippen LogP contribution in [0.3, 0.4) is 0 Å². The molecule has 0 amide bonds. The Bertz CT molecular complexity index is 396. The number of unbranched alkanes of at least 4 members (excludes halogenated alkanes) is 1. The van der Waals surface area contributed by atoms with E-state index in [1.807, 2.05) is 13.8 Å². The van der Waals surface area contributed by atoms with E-state index in [4.69, 9.17) is 9.57 Å². The zero-order valence-corrected chi connectivity index (χ0v) is 10.6. The van der Waals surface area contributed by atoms with Gasteiger partial charge in [0.05, 0.1) is 23.8 Å². The average molecular weight is 254 g/mol. The van der Waals surface area contributed by atoms with Gasteiger partial charge in [0.15, 0.2) is 5.75 Å². The highest BCUT2D eigenvalue weighted by Crippen LogP contribution is 2.30. The second kappa shape index (κ2) is 7.50. The van der Waals surface area contributed by atoms with Gasteiger partial charge in [-0.2, -0.15) is 0 Å². The Balaban J connectivity index is 2.82. The summed E-state index contributed by atoms with van der Waals surface area (Å²) in [6, 6.07) is 4.56. The summed E-state index contributed by atoms with van der Waals surface area (Å²) in [7, 11) is 0. The van der Waals surface area contributed by atoms with Gasteiger partial charge in [-0.1, -0.05) is 13.3 Å². The third-order valence-electron chi connectivity index (χ3n) is 2.25. The van der Waals surface area contributed by atoms with Gasteiger partial charge in [-0.25, -0.2) is 0 Å². The molecule has 1 aromatic carbocycles. The maximum atomic E-state index is 10.9. The van der Waals surface area contributed by atoms with Crippen molar-refractivity contribution in [3.05, 3.63) is 28.3 Å². The molecule has 1 rings (SSSR count). The molecule has 1 N–H and O–H groups in total. The summed E-state index contributed by atoms with van der Waals surface area (Å²) < 4.78 is 5.42. The van der Waals surface area contributed by atoms with Gasteiger partial charge in [0.25, 0.3) is 0 Å². The van der Waals surface area contributed by atoms with E-state index < -0.39 is 4.92 Å². The monoisotopic (exact) mass is 254 g/mol. The minimum Gasteiger partial charge on any atom is -0.487 e. The van der Waals surface area contributed by atoms with E-state index in [1.165, 1.54) is 6.07 Å². The molecule has 100 valence electrons. The lowest BCUT2D eigenvalue weighted by molar-refractivity contribution is -0.385. The van der Waals surface area contributed by atoms with Crippen LogP contribution >= 0.6 is 0 Å². The van der Waals surface area contributed by atoms with Gasteiger partial charge in [0.1, 0.15) is 0 Å². The van der Waals surface area contributed by atoms with Gasteiger partial charge in [-0.05, 0) is 19.4 Å². The molecule has 0 bridgehead atoms. The fraction of sp³-hybridized carbons (Fsp3) is 0.500. The molecule has 0 aliphatic heterocycles. The highest BCUT2D eigenvalue weighted by molar-refractivity contribution is 5.57. The largest absolute Gasteiger partial charge is 0.487 e. The van der Waals surface area contributed by atoms with Gasteiger partial charge in [0.2, 0.25) is 0 Å². The summed E-state index contributed by atoms with van der Waals surface area (Å²) in [4.78, 5) is 15.4. The number of benzene rings is 1. The smallest absolute Gasteiger partial charge is 0.311 e. The van der Waals surface area contributed by atoms with Crippen molar-refractivity contribution in [3.8, 4) is 5.75 Å². The number of nitrogens with zero attached hydrogens (tertiary/aromatic N) is 1. The number of nitro groups is 1. The van der Waals surface area contributed by atoms with E-state index >= 15 is 0 Å². The number of hydrogen-bond acceptors (Lipinski definition) is 5. The first kappa shape index (κ1) is 14.2. The molecule has 0 saturated heterocycles. The number of nitro benzene ring substituents is 1. The Morgan fingerprint density at radius 2 is 2.17 bits per heavy atom. The lowest BCUT2D eigenvalue weighted by Gasteiger charge is -2.09. The summed E-state index contributed by atoms with van der Waals surface area (Å²) in [5.74, 6) is 0.262. The molecular weight excluding hydrogens is 236 g/mol. The quantitative estimate of drug-likeness (QED) is 0.438. The third-order valence-corrected chi connectivity index (χ3v) is 2.25. The molecule has 0 radical (unpaired) electrons. The van der Waals surface area contributed by atoms with Crippen molar-refractivity contribution in [3.63, 3.8) is 0 Å². The molecule has 0 aliphatic rings. The summed E-state index contributed by atoms with van der Waals surface area (Å²) in [6.07, 6.45) is 1.84. The molecule has 0 aliphatic carbocycles. The highest BCUT2D eigenvalue weighted by Gasteiger charge is 2.15. The van der Waals surface area contributed by atoms with Crippen LogP contribution in [0, 0.1) is 10.1 Å². The molecule has 0 atom stereocenters. The van der Waals surface area contributed by atoms with Gasteiger partial charge < -0.3 is 4.74 Å². The van der Waals surface area contributed by atoms with E-state index in [0.29, 0.717) is 18.9 Å². The molecular formula is C12H18N2O4. The van der Waals surface area contributed by atoms with E-state index in [1.54, 1.807) is 12.1 Å². The van der Waals surface area contributed by atoms with Crippen molar-refractivity contribution in [2.45, 2.75) is 26.7 Å². The van der Waals surface area contributed by atoms with Crippen molar-refractivity contribution in [2.75, 3.05) is 18.7 Å². The normalized spacial score (nSPS) is 10.1. The number of hydrogen-bond donors (Lipinski definition) is 1. The standard InChI is InChI=1S/C12H18N2O4/c1-3-5-8-17-12-9-10(13-18-4-2)6-7-11(12)14(15)16/h6-7,9,13H,3-5,8H2,1-2H3. The minimum absolute atomic E-state index is 0.0341. The molecule has 0 unspecified atom stereocenters. The molecule has 6 heteroatoms. The van der Waals surface area contributed by atoms with Crippen molar-refractivity contribution >= 4 is 11.4 Å². The fourth-order valence-electron chi connectivity index (χ4n) is 1.33. The maximum Gasteiger partial charge on any atom is 0.311 e. The molecule has 18 heavy (non-hydrogen) atoms. The summed E-state index contributed by atoms with van der Waals surface area (Å²) >= 11 is 0. The predicted octanol–water partition coefficient (Wildman–Crippen LogP) is 3.14. The van der Waals surface area contributed by atoms with Crippen LogP contribution < -0.4 is 10.2 Å². The topological polar surface area (TPSA) is 73.6 Å². The Hall–Kier alpha value is -1.82. The SMILES string of the molecule is CCCCOc1cc(NOCC)ccc1[N+](=O)[O-].